The Labute approximate surface area is 113 Å². The number of primary amides is 1. The lowest BCUT2D eigenvalue weighted by Gasteiger charge is -2.27. The number of nitrogens with two attached hydrogens (primary N) is 1. The van der Waals surface area contributed by atoms with Crippen molar-refractivity contribution in [3.63, 3.8) is 0 Å². The molecule has 2 fully saturated rings. The maximum atomic E-state index is 11.6. The Morgan fingerprint density at radius 1 is 1.47 bits per heavy atom. The molecule has 5 heteroatoms. The fraction of sp³-hybridized carbons (Fsp3) is 0.571. The SMILES string of the molecule is Cc1ccc(C(N)=O)c(N2CC3CNCC3C2C)n1. The van der Waals surface area contributed by atoms with Gasteiger partial charge in [0.25, 0.3) is 5.91 Å². The summed E-state index contributed by atoms with van der Waals surface area (Å²) in [4.78, 5) is 18.4. The van der Waals surface area contributed by atoms with E-state index in [9.17, 15) is 4.79 Å². The second kappa shape index (κ2) is 4.49. The lowest BCUT2D eigenvalue weighted by Crippen LogP contribution is -2.35. The number of rotatable bonds is 2. The van der Waals surface area contributed by atoms with Crippen LogP contribution >= 0.6 is 0 Å². The maximum absolute atomic E-state index is 11.6. The molecule has 2 saturated heterocycles. The minimum absolute atomic E-state index is 0.396. The lowest BCUT2D eigenvalue weighted by atomic mass is 9.95. The zero-order valence-corrected chi connectivity index (χ0v) is 11.4. The van der Waals surface area contributed by atoms with Gasteiger partial charge in [-0.2, -0.15) is 0 Å². The minimum atomic E-state index is -0.398. The Morgan fingerprint density at radius 3 is 2.95 bits per heavy atom. The van der Waals surface area contributed by atoms with Crippen LogP contribution in [-0.2, 0) is 0 Å². The van der Waals surface area contributed by atoms with E-state index in [-0.39, 0.29) is 0 Å². The summed E-state index contributed by atoms with van der Waals surface area (Å²) < 4.78 is 0. The van der Waals surface area contributed by atoms with E-state index >= 15 is 0 Å². The van der Waals surface area contributed by atoms with Gasteiger partial charge < -0.3 is 16.0 Å². The quantitative estimate of drug-likeness (QED) is 0.814. The van der Waals surface area contributed by atoms with Crippen molar-refractivity contribution in [2.45, 2.75) is 19.9 Å². The number of anilines is 1. The Hall–Kier alpha value is -1.62. The van der Waals surface area contributed by atoms with Crippen molar-refractivity contribution in [3.05, 3.63) is 23.4 Å². The van der Waals surface area contributed by atoms with Crippen molar-refractivity contribution in [1.29, 1.82) is 0 Å². The molecule has 1 aromatic heterocycles. The van der Waals surface area contributed by atoms with Gasteiger partial charge in [0, 0.05) is 31.4 Å². The molecule has 3 rings (SSSR count). The summed E-state index contributed by atoms with van der Waals surface area (Å²) in [5, 5.41) is 3.44. The summed E-state index contributed by atoms with van der Waals surface area (Å²) in [6.07, 6.45) is 0. The van der Waals surface area contributed by atoms with E-state index in [0.29, 0.717) is 23.4 Å². The molecule has 0 saturated carbocycles. The molecule has 0 radical (unpaired) electrons. The molecular weight excluding hydrogens is 240 g/mol. The number of fused-ring (bicyclic) bond motifs is 1. The van der Waals surface area contributed by atoms with Crippen LogP contribution in [0.2, 0.25) is 0 Å². The summed E-state index contributed by atoms with van der Waals surface area (Å²) in [5.74, 6) is 1.65. The van der Waals surface area contributed by atoms with Gasteiger partial charge in [-0.05, 0) is 37.8 Å². The third-order valence-corrected chi connectivity index (χ3v) is 4.49. The predicted octanol–water partition coefficient (Wildman–Crippen LogP) is 0.533. The molecule has 5 nitrogen and oxygen atoms in total. The number of carbonyl (C=O) groups is 1. The standard InChI is InChI=1S/C14H20N4O/c1-8-3-4-11(13(15)19)14(17-8)18-7-10-5-16-6-12(10)9(18)2/h3-4,9-10,12,16H,5-7H2,1-2H3,(H2,15,19). The van der Waals surface area contributed by atoms with Crippen LogP contribution in [0.4, 0.5) is 5.82 Å². The predicted molar refractivity (Wildman–Crippen MR) is 74.1 cm³/mol. The fourth-order valence-electron chi connectivity index (χ4n) is 3.40. The zero-order chi connectivity index (χ0) is 13.6. The largest absolute Gasteiger partial charge is 0.365 e. The lowest BCUT2D eigenvalue weighted by molar-refractivity contribution is 0.100. The maximum Gasteiger partial charge on any atom is 0.252 e. The minimum Gasteiger partial charge on any atom is -0.365 e. The van der Waals surface area contributed by atoms with Gasteiger partial charge in [0.05, 0.1) is 5.56 Å². The average Bonchev–Trinajstić information content (AvgIpc) is 2.92. The summed E-state index contributed by atoms with van der Waals surface area (Å²) in [7, 11) is 0. The Kier molecular flexibility index (Phi) is 2.93. The van der Waals surface area contributed by atoms with E-state index in [2.05, 4.69) is 22.1 Å². The molecule has 2 aliphatic rings. The first kappa shape index (κ1) is 12.4. The fourth-order valence-corrected chi connectivity index (χ4v) is 3.40. The third-order valence-electron chi connectivity index (χ3n) is 4.49. The molecule has 0 aliphatic carbocycles. The molecule has 1 aromatic rings. The van der Waals surface area contributed by atoms with Crippen LogP contribution in [0.25, 0.3) is 0 Å². The number of carbonyl (C=O) groups excluding carboxylic acids is 1. The van der Waals surface area contributed by atoms with Crippen LogP contribution in [0, 0.1) is 18.8 Å². The van der Waals surface area contributed by atoms with Crippen molar-refractivity contribution in [3.8, 4) is 0 Å². The molecule has 3 N–H and O–H groups in total. The van der Waals surface area contributed by atoms with E-state index in [4.69, 9.17) is 5.73 Å². The molecule has 0 spiro atoms. The van der Waals surface area contributed by atoms with Crippen LogP contribution in [0.1, 0.15) is 23.0 Å². The highest BCUT2D eigenvalue weighted by Crippen LogP contribution is 2.36. The Bertz CT molecular complexity index is 516. The molecule has 19 heavy (non-hydrogen) atoms. The van der Waals surface area contributed by atoms with Gasteiger partial charge in [-0.25, -0.2) is 4.98 Å². The van der Waals surface area contributed by atoms with Crippen molar-refractivity contribution >= 4 is 11.7 Å². The number of aromatic nitrogens is 1. The first-order valence-electron chi connectivity index (χ1n) is 6.82. The van der Waals surface area contributed by atoms with Gasteiger partial charge in [0.1, 0.15) is 5.82 Å². The van der Waals surface area contributed by atoms with Gasteiger partial charge in [-0.1, -0.05) is 0 Å². The van der Waals surface area contributed by atoms with E-state index in [1.807, 2.05) is 13.0 Å². The number of hydrogen-bond donors (Lipinski definition) is 2. The third kappa shape index (κ3) is 1.98. The number of amides is 1. The van der Waals surface area contributed by atoms with Crippen LogP contribution in [0.3, 0.4) is 0 Å². The Morgan fingerprint density at radius 2 is 2.26 bits per heavy atom. The summed E-state index contributed by atoms with van der Waals surface area (Å²) in [6.45, 7) is 7.22. The van der Waals surface area contributed by atoms with E-state index in [1.165, 1.54) is 0 Å². The van der Waals surface area contributed by atoms with Crippen LogP contribution < -0.4 is 16.0 Å². The van der Waals surface area contributed by atoms with Crippen LogP contribution in [0.5, 0.6) is 0 Å². The first-order chi connectivity index (χ1) is 9.08. The summed E-state index contributed by atoms with van der Waals surface area (Å²) in [5.41, 5.74) is 6.93. The number of pyridine rings is 1. The molecule has 102 valence electrons. The summed E-state index contributed by atoms with van der Waals surface area (Å²) >= 11 is 0. The van der Waals surface area contributed by atoms with Crippen molar-refractivity contribution in [2.75, 3.05) is 24.5 Å². The number of nitrogens with zero attached hydrogens (tertiary/aromatic N) is 2. The van der Waals surface area contributed by atoms with E-state index < -0.39 is 5.91 Å². The second-order valence-corrected chi connectivity index (χ2v) is 5.66. The Balaban J connectivity index is 1.98. The van der Waals surface area contributed by atoms with Gasteiger partial charge in [-0.3, -0.25) is 4.79 Å². The van der Waals surface area contributed by atoms with E-state index in [0.717, 1.165) is 31.1 Å². The molecule has 3 heterocycles. The highest BCUT2D eigenvalue weighted by molar-refractivity contribution is 5.97. The smallest absolute Gasteiger partial charge is 0.252 e. The van der Waals surface area contributed by atoms with E-state index in [1.54, 1.807) is 6.07 Å². The zero-order valence-electron chi connectivity index (χ0n) is 11.4. The molecular formula is C14H20N4O. The van der Waals surface area contributed by atoms with Crippen molar-refractivity contribution < 1.29 is 4.79 Å². The van der Waals surface area contributed by atoms with Crippen LogP contribution in [0.15, 0.2) is 12.1 Å². The molecule has 3 atom stereocenters. The molecule has 0 bridgehead atoms. The average molecular weight is 260 g/mol. The topological polar surface area (TPSA) is 71.2 Å². The normalized spacial score (nSPS) is 29.6. The number of hydrogen-bond acceptors (Lipinski definition) is 4. The molecule has 0 aromatic carbocycles. The van der Waals surface area contributed by atoms with Crippen molar-refractivity contribution in [2.24, 2.45) is 17.6 Å². The number of aryl methyl sites for hydroxylation is 1. The van der Waals surface area contributed by atoms with Crippen LogP contribution in [-0.4, -0.2) is 36.6 Å². The highest BCUT2D eigenvalue weighted by Gasteiger charge is 2.43. The summed E-state index contributed by atoms with van der Waals surface area (Å²) in [6, 6.07) is 4.03. The first-order valence-corrected chi connectivity index (χ1v) is 6.82. The number of nitrogens with one attached hydrogen (secondary N) is 1. The molecule has 1 amide bonds. The van der Waals surface area contributed by atoms with Gasteiger partial charge in [-0.15, -0.1) is 0 Å². The second-order valence-electron chi connectivity index (χ2n) is 5.66. The van der Waals surface area contributed by atoms with Gasteiger partial charge in [0.15, 0.2) is 0 Å². The van der Waals surface area contributed by atoms with Gasteiger partial charge >= 0.3 is 0 Å². The van der Waals surface area contributed by atoms with Gasteiger partial charge in [0.2, 0.25) is 0 Å². The van der Waals surface area contributed by atoms with Crippen molar-refractivity contribution in [1.82, 2.24) is 10.3 Å². The monoisotopic (exact) mass is 260 g/mol. The highest BCUT2D eigenvalue weighted by atomic mass is 16.1. The molecule has 2 aliphatic heterocycles. The molecule has 3 unspecified atom stereocenters.